The second-order valence-corrected chi connectivity index (χ2v) is 8.47. The summed E-state index contributed by atoms with van der Waals surface area (Å²) in [5, 5.41) is 18.4. The van der Waals surface area contributed by atoms with E-state index in [1.165, 1.54) is 0 Å². The van der Waals surface area contributed by atoms with Crippen molar-refractivity contribution in [2.24, 2.45) is 5.92 Å². The smallest absolute Gasteiger partial charge is 0.274 e. The van der Waals surface area contributed by atoms with Crippen LogP contribution < -0.4 is 5.69 Å². The molecule has 0 aliphatic rings. The van der Waals surface area contributed by atoms with Gasteiger partial charge in [-0.3, -0.25) is 9.36 Å². The summed E-state index contributed by atoms with van der Waals surface area (Å²) < 4.78 is 2.64. The Morgan fingerprint density at radius 3 is 2.48 bits per heavy atom. The zero-order valence-corrected chi connectivity index (χ0v) is 19.0. The number of rotatable bonds is 8. The molecule has 0 saturated carbocycles. The molecule has 0 spiro atoms. The van der Waals surface area contributed by atoms with E-state index in [1.54, 1.807) is 4.57 Å². The Bertz CT molecular complexity index is 1290. The third-order valence-electron chi connectivity index (χ3n) is 5.34. The predicted molar refractivity (Wildman–Crippen MR) is 125 cm³/mol. The molecular formula is C24H27N7O2. The van der Waals surface area contributed by atoms with Crippen LogP contribution in [0.3, 0.4) is 0 Å². The average molecular weight is 446 g/mol. The second kappa shape index (κ2) is 9.72. The van der Waals surface area contributed by atoms with Gasteiger partial charge in [-0.15, -0.1) is 14.9 Å². The largest absolute Gasteiger partial charge is 0.353 e. The van der Waals surface area contributed by atoms with E-state index in [-0.39, 0.29) is 11.6 Å². The lowest BCUT2D eigenvalue weighted by Crippen LogP contribution is -2.30. The van der Waals surface area contributed by atoms with Crippen LogP contribution in [0.2, 0.25) is 0 Å². The topological polar surface area (TPSA) is 111 Å². The van der Waals surface area contributed by atoms with Crippen LogP contribution in [0, 0.1) is 5.92 Å². The van der Waals surface area contributed by atoms with Crippen LogP contribution in [-0.4, -0.2) is 40.9 Å². The van der Waals surface area contributed by atoms with E-state index >= 15 is 0 Å². The molecule has 0 aliphatic carbocycles. The van der Waals surface area contributed by atoms with Crippen molar-refractivity contribution in [3.8, 4) is 22.5 Å². The highest BCUT2D eigenvalue weighted by Crippen LogP contribution is 2.24. The molecule has 0 amide bonds. The molecule has 2 aromatic carbocycles. The lowest BCUT2D eigenvalue weighted by molar-refractivity contribution is 0.0880. The number of aromatic nitrogens is 7. The van der Waals surface area contributed by atoms with Gasteiger partial charge in [0.1, 0.15) is 5.82 Å². The van der Waals surface area contributed by atoms with Crippen LogP contribution in [0.1, 0.15) is 49.8 Å². The first-order chi connectivity index (χ1) is 16.0. The highest BCUT2D eigenvalue weighted by molar-refractivity contribution is 5.77. The predicted octanol–water partition coefficient (Wildman–Crippen LogP) is 3.58. The maximum Gasteiger partial charge on any atom is 0.353 e. The van der Waals surface area contributed by atoms with Crippen molar-refractivity contribution < 1.29 is 4.79 Å². The van der Waals surface area contributed by atoms with E-state index < -0.39 is 0 Å². The van der Waals surface area contributed by atoms with Crippen molar-refractivity contribution in [1.82, 2.24) is 35.0 Å². The quantitative estimate of drug-likeness (QED) is 0.444. The van der Waals surface area contributed by atoms with Crippen molar-refractivity contribution >= 4 is 5.91 Å². The molecule has 0 unspecified atom stereocenters. The number of aromatic amines is 1. The van der Waals surface area contributed by atoms with E-state index in [4.69, 9.17) is 0 Å². The van der Waals surface area contributed by atoms with Crippen molar-refractivity contribution in [1.29, 1.82) is 0 Å². The van der Waals surface area contributed by atoms with Crippen LogP contribution in [0.5, 0.6) is 0 Å². The van der Waals surface area contributed by atoms with Gasteiger partial charge >= 0.3 is 5.69 Å². The third-order valence-corrected chi connectivity index (χ3v) is 5.34. The minimum atomic E-state index is -0.374. The van der Waals surface area contributed by atoms with Gasteiger partial charge in [0, 0.05) is 18.4 Å². The molecule has 9 nitrogen and oxygen atoms in total. The molecule has 4 aromatic rings. The summed E-state index contributed by atoms with van der Waals surface area (Å²) in [5.41, 5.74) is 3.56. The van der Waals surface area contributed by atoms with Gasteiger partial charge in [0.15, 0.2) is 5.82 Å². The fourth-order valence-corrected chi connectivity index (χ4v) is 3.71. The molecule has 0 fully saturated rings. The molecule has 0 aliphatic heterocycles. The van der Waals surface area contributed by atoms with Crippen LogP contribution in [-0.2, 0) is 13.0 Å². The maximum absolute atomic E-state index is 13.0. The second-order valence-electron chi connectivity index (χ2n) is 8.47. The third kappa shape index (κ3) is 4.97. The molecule has 33 heavy (non-hydrogen) atoms. The van der Waals surface area contributed by atoms with Crippen LogP contribution in [0.25, 0.3) is 22.5 Å². The minimum absolute atomic E-state index is 0.261. The Kier molecular flexibility index (Phi) is 6.58. The van der Waals surface area contributed by atoms with Gasteiger partial charge in [0.05, 0.1) is 6.54 Å². The highest BCUT2D eigenvalue weighted by atomic mass is 16.2. The molecule has 0 bridgehead atoms. The lowest BCUT2D eigenvalue weighted by atomic mass is 10.0. The molecule has 1 N–H and O–H groups in total. The Labute approximate surface area is 191 Å². The number of carbonyl (C=O) groups is 1. The van der Waals surface area contributed by atoms with E-state index in [1.807, 2.05) is 55.5 Å². The fraction of sp³-hybridized carbons (Fsp3) is 0.333. The fourth-order valence-electron chi connectivity index (χ4n) is 3.71. The van der Waals surface area contributed by atoms with Crippen molar-refractivity contribution in [2.45, 2.75) is 46.6 Å². The van der Waals surface area contributed by atoms with Crippen LogP contribution >= 0.6 is 0 Å². The van der Waals surface area contributed by atoms with Gasteiger partial charge in [-0.05, 0) is 45.5 Å². The summed E-state index contributed by atoms with van der Waals surface area (Å²) in [6.07, 6.45) is 1.60. The standard InChI is InChI=1S/C24H27N7O2/c1-4-6-22(32)31-24(33)30(21(27-31)13-16(2)3)15-17-9-11-18(12-10-17)19-7-5-8-20(14-19)23-25-28-29-26-23/h5,7-12,14,16H,4,6,13,15H2,1-3H3,(H,25,26,28,29). The number of carbonyl (C=O) groups excluding carboxylic acids is 1. The average Bonchev–Trinajstić information content (AvgIpc) is 3.44. The van der Waals surface area contributed by atoms with Gasteiger partial charge in [0.2, 0.25) is 0 Å². The molecule has 2 heterocycles. The van der Waals surface area contributed by atoms with Gasteiger partial charge in [-0.1, -0.05) is 63.2 Å². The summed E-state index contributed by atoms with van der Waals surface area (Å²) in [6.45, 7) is 6.41. The number of tetrazole rings is 1. The summed E-state index contributed by atoms with van der Waals surface area (Å²) in [6, 6.07) is 16.0. The molecule has 0 radical (unpaired) electrons. The zero-order chi connectivity index (χ0) is 23.4. The number of hydrogen-bond donors (Lipinski definition) is 1. The maximum atomic E-state index is 13.0. The Morgan fingerprint density at radius 2 is 1.82 bits per heavy atom. The van der Waals surface area contributed by atoms with Gasteiger partial charge in [-0.2, -0.15) is 0 Å². The number of benzene rings is 2. The number of H-pyrrole nitrogens is 1. The molecule has 2 aromatic heterocycles. The van der Waals surface area contributed by atoms with E-state index in [2.05, 4.69) is 39.6 Å². The molecular weight excluding hydrogens is 418 g/mol. The summed E-state index contributed by atoms with van der Waals surface area (Å²) in [4.78, 5) is 25.3. The van der Waals surface area contributed by atoms with E-state index in [0.717, 1.165) is 26.9 Å². The summed E-state index contributed by atoms with van der Waals surface area (Å²) in [5.74, 6) is 1.30. The number of nitrogens with zero attached hydrogens (tertiary/aromatic N) is 6. The first-order valence-corrected chi connectivity index (χ1v) is 11.1. The summed E-state index contributed by atoms with van der Waals surface area (Å²) in [7, 11) is 0. The summed E-state index contributed by atoms with van der Waals surface area (Å²) >= 11 is 0. The normalized spacial score (nSPS) is 11.3. The Morgan fingerprint density at radius 1 is 1.06 bits per heavy atom. The van der Waals surface area contributed by atoms with Crippen molar-refractivity contribution in [3.05, 3.63) is 70.4 Å². The monoisotopic (exact) mass is 445 g/mol. The van der Waals surface area contributed by atoms with Crippen LogP contribution in [0.15, 0.2) is 53.3 Å². The highest BCUT2D eigenvalue weighted by Gasteiger charge is 2.19. The number of nitrogens with one attached hydrogen (secondary N) is 1. The molecule has 9 heteroatoms. The molecule has 0 saturated heterocycles. The first-order valence-electron chi connectivity index (χ1n) is 11.1. The van der Waals surface area contributed by atoms with E-state index in [0.29, 0.717) is 43.4 Å². The number of hydrogen-bond acceptors (Lipinski definition) is 6. The minimum Gasteiger partial charge on any atom is -0.274 e. The molecule has 170 valence electrons. The van der Waals surface area contributed by atoms with Crippen molar-refractivity contribution in [2.75, 3.05) is 0 Å². The lowest BCUT2D eigenvalue weighted by Gasteiger charge is -2.09. The van der Waals surface area contributed by atoms with Gasteiger partial charge < -0.3 is 0 Å². The van der Waals surface area contributed by atoms with Crippen molar-refractivity contribution in [3.63, 3.8) is 0 Å². The SMILES string of the molecule is CCCC(=O)n1nc(CC(C)C)n(Cc2ccc(-c3cccc(-c4nnn[nH]4)c3)cc2)c1=O. The molecule has 4 rings (SSSR count). The van der Waals surface area contributed by atoms with Crippen LogP contribution in [0.4, 0.5) is 0 Å². The Balaban J connectivity index is 1.60. The first kappa shape index (κ1) is 22.3. The van der Waals surface area contributed by atoms with E-state index in [9.17, 15) is 9.59 Å². The zero-order valence-electron chi connectivity index (χ0n) is 19.0. The molecule has 0 atom stereocenters. The van der Waals surface area contributed by atoms with Gasteiger partial charge in [-0.25, -0.2) is 9.89 Å². The Hall–Kier alpha value is -3.88. The van der Waals surface area contributed by atoms with Gasteiger partial charge in [0.25, 0.3) is 5.91 Å².